The van der Waals surface area contributed by atoms with Gasteiger partial charge in [0.2, 0.25) is 24.4 Å². The Bertz CT molecular complexity index is 4790. The topological polar surface area (TPSA) is 237 Å². The van der Waals surface area contributed by atoms with E-state index in [4.69, 9.17) is 14.0 Å². The maximum Gasteiger partial charge on any atom is 0.251 e. The summed E-state index contributed by atoms with van der Waals surface area (Å²) >= 11 is 10.5. The Morgan fingerprint density at radius 2 is 0.968 bits per heavy atom. The average Bonchev–Trinajstić information content (AvgIpc) is 1.73. The molecule has 0 spiro atoms. The zero-order chi connectivity index (χ0) is 64.8. The largest absolute Gasteiger partial charge is 0.366 e. The number of hydrogen-bond donors (Lipinski definition) is 4. The lowest BCUT2D eigenvalue weighted by Gasteiger charge is -2.44. The zero-order valence-corrected chi connectivity index (χ0v) is 55.7. The molecule has 26 heteroatoms. The van der Waals surface area contributed by atoms with Crippen LogP contribution in [0.1, 0.15) is 83.6 Å². The van der Waals surface area contributed by atoms with Crippen LogP contribution in [0, 0.1) is 17.6 Å². The standard InChI is InChI=1S/C27H26BrFN6O.C21H14BrFN6O.C21H21BrN6O/c28-21-15-31-35-25(13-23(32-26(21)35)20-3-1-2-4-22(20)29)30-14-17-5-7-19(8-6-17)27(36)33-24-16-34-11-9-18(24)10-12-34;22-16-11-26-29-19(9-18(27-21(16)29)15-3-1-2-4-17(15)23)24-10-13-5-7-14(8-6-13)20-25-12-30-28-20;22-17-12-25-28-19(10-18(26-21(17)28)15-4-2-1-3-5-15)23-11-14-6-8-16(9-7-14)20-24-13-29-27-20/h1-8,13,15,18,24,30H,9-12,14,16H2,(H,33,36);1-9,11-12,24H,10H2;6-10,12-13,15,23H,1-5,11H2. The van der Waals surface area contributed by atoms with Gasteiger partial charge in [0.25, 0.3) is 5.91 Å². The van der Waals surface area contributed by atoms with Gasteiger partial charge in [0.1, 0.15) is 29.1 Å². The Balaban J connectivity index is 0.000000124. The van der Waals surface area contributed by atoms with Crippen LogP contribution in [0.15, 0.2) is 193 Å². The highest BCUT2D eigenvalue weighted by molar-refractivity contribution is 9.11. The second-order valence-electron chi connectivity index (χ2n) is 23.5. The van der Waals surface area contributed by atoms with Crippen LogP contribution in [0.4, 0.5) is 26.2 Å². The Kier molecular flexibility index (Phi) is 18.9. The van der Waals surface area contributed by atoms with Crippen LogP contribution in [0.3, 0.4) is 0 Å². The van der Waals surface area contributed by atoms with Gasteiger partial charge in [0, 0.05) is 89.8 Å². The summed E-state index contributed by atoms with van der Waals surface area (Å²) in [6, 6.07) is 42.7. The minimum atomic E-state index is -0.331. The van der Waals surface area contributed by atoms with Gasteiger partial charge < -0.3 is 35.2 Å². The first kappa shape index (κ1) is 62.8. The number of rotatable bonds is 16. The molecule has 4 N–H and O–H groups in total. The number of piperidine rings is 3. The van der Waals surface area contributed by atoms with Crippen LogP contribution in [0.2, 0.25) is 0 Å². The second-order valence-corrected chi connectivity index (χ2v) is 26.0. The molecule has 3 saturated heterocycles. The molecule has 4 fully saturated rings. The number of carbonyl (C=O) groups is 1. The quantitative estimate of drug-likeness (QED) is 0.0703. The molecule has 95 heavy (non-hydrogen) atoms. The molecule has 8 aromatic heterocycles. The molecule has 17 rings (SSSR count). The lowest BCUT2D eigenvalue weighted by atomic mass is 9.84. The van der Waals surface area contributed by atoms with Gasteiger partial charge in [-0.15, -0.1) is 0 Å². The van der Waals surface area contributed by atoms with Crippen LogP contribution in [-0.2, 0) is 19.6 Å². The average molecular weight is 1470 g/mol. The molecule has 21 nitrogen and oxygen atoms in total. The van der Waals surface area contributed by atoms with Crippen molar-refractivity contribution in [1.82, 2.24) is 74.3 Å². The molecular weight excluding hydrogens is 1410 g/mol. The zero-order valence-electron chi connectivity index (χ0n) is 51.0. The second kappa shape index (κ2) is 28.5. The fraction of sp³-hybridized carbons (Fsp3) is 0.232. The summed E-state index contributed by atoms with van der Waals surface area (Å²) in [5, 5.41) is 34.5. The van der Waals surface area contributed by atoms with Crippen LogP contribution < -0.4 is 21.3 Å². The van der Waals surface area contributed by atoms with E-state index in [1.54, 1.807) is 76.2 Å². The first-order chi connectivity index (χ1) is 46.5. The van der Waals surface area contributed by atoms with Crippen molar-refractivity contribution < 1.29 is 22.6 Å². The number of fused-ring (bicyclic) bond motifs is 6. The number of hydrogen-bond acceptors (Lipinski definition) is 17. The fourth-order valence-electron chi connectivity index (χ4n) is 12.3. The number of nitrogens with one attached hydrogen (secondary N) is 4. The van der Waals surface area contributed by atoms with Crippen molar-refractivity contribution in [3.05, 3.63) is 224 Å². The third-order valence-corrected chi connectivity index (χ3v) is 19.1. The number of carbonyl (C=O) groups excluding carboxylic acids is 1. The number of aromatic nitrogens is 13. The van der Waals surface area contributed by atoms with E-state index in [0.29, 0.717) is 94.1 Å². The summed E-state index contributed by atoms with van der Waals surface area (Å²) in [4.78, 5) is 37.5. The molecule has 3 aliphatic heterocycles. The third-order valence-electron chi connectivity index (χ3n) is 17.4. The molecule has 2 bridgehead atoms. The molecular formula is C69H61Br3F2N18O3. The van der Waals surface area contributed by atoms with Gasteiger partial charge in [0.15, 0.2) is 16.9 Å². The van der Waals surface area contributed by atoms with Crippen molar-refractivity contribution in [2.75, 3.05) is 35.6 Å². The predicted octanol–water partition coefficient (Wildman–Crippen LogP) is 14.9. The summed E-state index contributed by atoms with van der Waals surface area (Å²) in [6.07, 6.45) is 16.4. The summed E-state index contributed by atoms with van der Waals surface area (Å²) in [7, 11) is 0. The number of halogens is 5. The molecule has 1 aliphatic carbocycles. The Morgan fingerprint density at radius 3 is 1.40 bits per heavy atom. The van der Waals surface area contributed by atoms with Crippen molar-refractivity contribution >= 4 is 88.1 Å². The minimum Gasteiger partial charge on any atom is -0.366 e. The van der Waals surface area contributed by atoms with Gasteiger partial charge in [-0.2, -0.15) is 38.8 Å². The third kappa shape index (κ3) is 14.3. The first-order valence-corrected chi connectivity index (χ1v) is 33.6. The van der Waals surface area contributed by atoms with E-state index >= 15 is 0 Å². The summed E-state index contributed by atoms with van der Waals surface area (Å²) < 4.78 is 46.0. The van der Waals surface area contributed by atoms with Gasteiger partial charge in [-0.25, -0.2) is 23.7 Å². The Hall–Kier alpha value is -9.63. The summed E-state index contributed by atoms with van der Waals surface area (Å²) in [6.45, 7) is 5.00. The van der Waals surface area contributed by atoms with Crippen LogP contribution >= 0.6 is 47.8 Å². The summed E-state index contributed by atoms with van der Waals surface area (Å²) in [5.41, 5.74) is 10.8. The highest BCUT2D eigenvalue weighted by Crippen LogP contribution is 2.36. The lowest BCUT2D eigenvalue weighted by Crippen LogP contribution is -2.57. The molecule has 1 saturated carbocycles. The molecule has 1 atom stereocenters. The monoisotopic (exact) mass is 1460 g/mol. The molecule has 0 radical (unpaired) electrons. The van der Waals surface area contributed by atoms with Gasteiger partial charge in [-0.3, -0.25) is 4.79 Å². The van der Waals surface area contributed by atoms with Gasteiger partial charge in [0.05, 0.1) is 43.4 Å². The maximum atomic E-state index is 14.4. The van der Waals surface area contributed by atoms with E-state index in [9.17, 15) is 13.6 Å². The van der Waals surface area contributed by atoms with E-state index in [0.717, 1.165) is 78.0 Å². The normalized spacial score (nSPS) is 16.1. The van der Waals surface area contributed by atoms with Gasteiger partial charge >= 0.3 is 0 Å². The van der Waals surface area contributed by atoms with Crippen LogP contribution in [0.5, 0.6) is 0 Å². The smallest absolute Gasteiger partial charge is 0.251 e. The molecule has 5 aromatic carbocycles. The molecule has 11 heterocycles. The van der Waals surface area contributed by atoms with Crippen molar-refractivity contribution in [3.8, 4) is 45.3 Å². The van der Waals surface area contributed by atoms with E-state index in [-0.39, 0.29) is 23.6 Å². The van der Waals surface area contributed by atoms with E-state index in [1.165, 1.54) is 69.9 Å². The SMILES string of the molecule is Brc1cnn2c(NCc3ccc(-c4ncon4)cc3)cc(C3CCCCC3)nc12.Fc1ccccc1-c1cc(NCc2ccc(-c3ncon3)cc2)n2ncc(Br)c2n1.O=C(NC1CN2CCC1CC2)c1ccc(CNc2cc(-c3ccccc3F)nc3c(Br)cnn23)cc1. The van der Waals surface area contributed by atoms with Crippen LogP contribution in [-0.4, -0.2) is 101 Å². The first-order valence-electron chi connectivity index (χ1n) is 31.2. The lowest BCUT2D eigenvalue weighted by molar-refractivity contribution is 0.0620. The molecule has 480 valence electrons. The minimum absolute atomic E-state index is 0.0139. The number of nitrogens with zero attached hydrogens (tertiary/aromatic N) is 14. The molecule has 1 unspecified atom stereocenters. The van der Waals surface area contributed by atoms with Crippen molar-refractivity contribution in [1.29, 1.82) is 0 Å². The highest BCUT2D eigenvalue weighted by Gasteiger charge is 2.35. The van der Waals surface area contributed by atoms with Crippen molar-refractivity contribution in [3.63, 3.8) is 0 Å². The number of benzene rings is 5. The molecule has 1 amide bonds. The van der Waals surface area contributed by atoms with Gasteiger partial charge in [-0.1, -0.05) is 115 Å². The maximum absolute atomic E-state index is 14.4. The molecule has 4 aliphatic rings. The Labute approximate surface area is 568 Å². The van der Waals surface area contributed by atoms with Crippen LogP contribution in [0.25, 0.3) is 62.2 Å². The molecule has 13 aromatic rings. The fourth-order valence-corrected chi connectivity index (χ4v) is 13.3. The highest BCUT2D eigenvalue weighted by atomic mass is 79.9. The van der Waals surface area contributed by atoms with Crippen molar-refractivity contribution in [2.24, 2.45) is 5.92 Å². The number of anilines is 3. The van der Waals surface area contributed by atoms with E-state index < -0.39 is 0 Å². The number of amides is 1. The van der Waals surface area contributed by atoms with E-state index in [1.807, 2.05) is 65.2 Å². The Morgan fingerprint density at radius 1 is 0.526 bits per heavy atom. The predicted molar refractivity (Wildman–Crippen MR) is 367 cm³/mol. The van der Waals surface area contributed by atoms with Gasteiger partial charge in [-0.05, 0) is 146 Å². The van der Waals surface area contributed by atoms with E-state index in [2.05, 4.69) is 138 Å². The summed E-state index contributed by atoms with van der Waals surface area (Å²) in [5.74, 6) is 3.94. The van der Waals surface area contributed by atoms with Crippen molar-refractivity contribution in [2.45, 2.75) is 76.5 Å².